The molecule has 0 saturated carbocycles. The molecule has 0 radical (unpaired) electrons. The maximum atomic E-state index is 13.0. The SMILES string of the molecule is CC/C=C\C/C=C\C/C=C\C/C=C\C/C=C\CCCCCCCCCC(=O)OCC(COP(=O)(O)OCC(O)COP(=O)(O)OCC(O)COC(=O)CCCCCCCCCCCCCCCCCCC/C=C\C/C=C\C/C=C\C/C=C\CCCCC)OC(=O)CCCCCCC/C=C\C/C=C\C/C=C\C/C=C\C/C=C\CC. The van der Waals surface area contributed by atoms with Crippen molar-refractivity contribution >= 4 is 33.6 Å². The molecule has 0 aromatic rings. The highest BCUT2D eigenvalue weighted by Crippen LogP contribution is 2.45. The van der Waals surface area contributed by atoms with Crippen molar-refractivity contribution in [3.05, 3.63) is 170 Å². The van der Waals surface area contributed by atoms with Crippen LogP contribution in [0.3, 0.4) is 0 Å². The molecule has 646 valence electrons. The predicted octanol–water partition coefficient (Wildman–Crippen LogP) is 27.1. The molecular weight excluding hydrogens is 1460 g/mol. The molecule has 0 rings (SSSR count). The van der Waals surface area contributed by atoms with Crippen molar-refractivity contribution in [2.24, 2.45) is 0 Å². The van der Waals surface area contributed by atoms with E-state index in [1.54, 1.807) is 0 Å². The summed E-state index contributed by atoms with van der Waals surface area (Å²) in [6.07, 6.45) is 111. The van der Waals surface area contributed by atoms with Gasteiger partial charge in [0.2, 0.25) is 0 Å². The van der Waals surface area contributed by atoms with Gasteiger partial charge in [-0.05, 0) is 154 Å². The summed E-state index contributed by atoms with van der Waals surface area (Å²) in [6, 6.07) is 0. The molecule has 16 nitrogen and oxygen atoms in total. The van der Waals surface area contributed by atoms with Crippen LogP contribution in [0.25, 0.3) is 0 Å². The van der Waals surface area contributed by atoms with Gasteiger partial charge in [0.05, 0.1) is 26.4 Å². The van der Waals surface area contributed by atoms with E-state index in [1.165, 1.54) is 116 Å². The Bertz CT molecular complexity index is 2730. The first-order chi connectivity index (χ1) is 55.2. The average molecular weight is 1620 g/mol. The van der Waals surface area contributed by atoms with Crippen LogP contribution in [0.15, 0.2) is 170 Å². The molecule has 0 heterocycles. The first-order valence-electron chi connectivity index (χ1n) is 44.4. The normalized spacial score (nSPS) is 14.6. The van der Waals surface area contributed by atoms with Gasteiger partial charge in [0.25, 0.3) is 0 Å². The van der Waals surface area contributed by atoms with Gasteiger partial charge in [-0.25, -0.2) is 9.13 Å². The molecule has 0 saturated heterocycles. The Morgan fingerprint density at radius 2 is 0.469 bits per heavy atom. The van der Waals surface area contributed by atoms with Crippen LogP contribution in [-0.4, -0.2) is 95.9 Å². The number of hydrogen-bond donors (Lipinski definition) is 4. The Morgan fingerprint density at radius 1 is 0.257 bits per heavy atom. The van der Waals surface area contributed by atoms with Crippen LogP contribution >= 0.6 is 15.6 Å². The molecule has 5 unspecified atom stereocenters. The zero-order valence-electron chi connectivity index (χ0n) is 71.0. The summed E-state index contributed by atoms with van der Waals surface area (Å²) >= 11 is 0. The van der Waals surface area contributed by atoms with E-state index in [2.05, 4.69) is 191 Å². The smallest absolute Gasteiger partial charge is 0.463 e. The average Bonchev–Trinajstić information content (AvgIpc) is 0.902. The second-order valence-corrected chi connectivity index (χ2v) is 32.2. The number of rotatable bonds is 83. The van der Waals surface area contributed by atoms with Gasteiger partial charge in [-0.2, -0.15) is 0 Å². The van der Waals surface area contributed by atoms with Crippen LogP contribution in [-0.2, 0) is 55.8 Å². The molecule has 0 aliphatic rings. The number of phosphoric acid groups is 2. The van der Waals surface area contributed by atoms with Crippen LogP contribution in [0.5, 0.6) is 0 Å². The standard InChI is InChI=1S/C95H160O16P2/c1-4-7-10-13-16-19-22-25-28-31-34-37-39-40-41-42-43-44-45-46-47-48-50-53-54-57-60-63-66-69-72-75-78-81-93(98)105-84-90(96)85-107-112(101,102)108-86-91(97)87-109-113(103,104)110-89-92(111-95(100)83-80-77-74-71-68-65-62-59-56-51-36-33-30-27-24-21-18-15-12-9-6-3)88-106-94(99)82-79-76-73-70-67-64-61-58-55-52-49-38-35-32-29-26-23-20-17-14-11-8-5-2/h8-9,11-12,16-21,25-30,34-38,40-41,51-52,55,59,62,90-92,96-97H,4-7,10,13-15,22-24,31-33,39,42-50,53-54,56-58,60-61,63-89H2,1-3H3,(H,101,102)(H,103,104)/b11-8-,12-9-,19-16-,20-17-,21-18-,28-25-,29-26-,30-27-,37-34-,38-35-,41-40-,51-36-,55-52-,62-59-. The van der Waals surface area contributed by atoms with Crippen LogP contribution < -0.4 is 0 Å². The van der Waals surface area contributed by atoms with E-state index < -0.39 is 91.5 Å². The number of carbonyl (C=O) groups excluding carboxylic acids is 3. The molecular formula is C95H160O16P2. The van der Waals surface area contributed by atoms with Crippen molar-refractivity contribution in [2.45, 2.75) is 373 Å². The Morgan fingerprint density at radius 3 is 0.743 bits per heavy atom. The topological polar surface area (TPSA) is 231 Å². The zero-order chi connectivity index (χ0) is 82.2. The number of aliphatic hydroxyl groups is 2. The van der Waals surface area contributed by atoms with Crippen molar-refractivity contribution in [3.8, 4) is 0 Å². The Hall–Kier alpha value is -5.09. The van der Waals surface area contributed by atoms with E-state index in [-0.39, 0.29) is 19.3 Å². The Balaban J connectivity index is 4.58. The van der Waals surface area contributed by atoms with Crippen molar-refractivity contribution in [2.75, 3.05) is 39.6 Å². The summed E-state index contributed by atoms with van der Waals surface area (Å²) in [7, 11) is -9.82. The number of unbranched alkanes of at least 4 members (excludes halogenated alkanes) is 32. The Kier molecular flexibility index (Phi) is 82.4. The molecule has 0 aliphatic carbocycles. The summed E-state index contributed by atoms with van der Waals surface area (Å²) in [4.78, 5) is 58.9. The second kappa shape index (κ2) is 86.3. The highest BCUT2D eigenvalue weighted by Gasteiger charge is 2.29. The van der Waals surface area contributed by atoms with E-state index in [9.17, 15) is 43.5 Å². The van der Waals surface area contributed by atoms with Crippen LogP contribution in [0.4, 0.5) is 0 Å². The minimum Gasteiger partial charge on any atom is -0.463 e. The van der Waals surface area contributed by atoms with Crippen LogP contribution in [0.2, 0.25) is 0 Å². The van der Waals surface area contributed by atoms with Gasteiger partial charge >= 0.3 is 33.6 Å². The fraction of sp³-hybridized carbons (Fsp3) is 0.674. The second-order valence-electron chi connectivity index (χ2n) is 29.3. The maximum absolute atomic E-state index is 13.0. The summed E-state index contributed by atoms with van der Waals surface area (Å²) in [5, 5.41) is 20.7. The lowest BCUT2D eigenvalue weighted by Crippen LogP contribution is -2.30. The lowest BCUT2D eigenvalue weighted by molar-refractivity contribution is -0.161. The van der Waals surface area contributed by atoms with Gasteiger partial charge in [-0.3, -0.25) is 32.5 Å². The third-order valence-corrected chi connectivity index (χ3v) is 20.3. The van der Waals surface area contributed by atoms with Crippen molar-refractivity contribution < 1.29 is 75.8 Å². The van der Waals surface area contributed by atoms with Crippen LogP contribution in [0, 0.1) is 0 Å². The molecule has 0 aromatic heterocycles. The molecule has 0 aromatic carbocycles. The van der Waals surface area contributed by atoms with Gasteiger partial charge < -0.3 is 34.2 Å². The third kappa shape index (κ3) is 87.6. The number of hydrogen-bond acceptors (Lipinski definition) is 14. The number of aliphatic hydroxyl groups excluding tert-OH is 2. The summed E-state index contributed by atoms with van der Waals surface area (Å²) in [5.74, 6) is -1.61. The minimum atomic E-state index is -4.95. The highest BCUT2D eigenvalue weighted by atomic mass is 31.2. The van der Waals surface area contributed by atoms with Gasteiger partial charge in [0.15, 0.2) is 6.10 Å². The van der Waals surface area contributed by atoms with Gasteiger partial charge in [0, 0.05) is 19.3 Å². The highest BCUT2D eigenvalue weighted by molar-refractivity contribution is 7.47. The molecule has 18 heteroatoms. The number of carbonyl (C=O) groups is 3. The molecule has 0 fully saturated rings. The lowest BCUT2D eigenvalue weighted by atomic mass is 10.0. The number of phosphoric ester groups is 2. The maximum Gasteiger partial charge on any atom is 0.472 e. The molecule has 4 N–H and O–H groups in total. The van der Waals surface area contributed by atoms with Gasteiger partial charge in [-0.1, -0.05) is 351 Å². The monoisotopic (exact) mass is 1620 g/mol. The largest absolute Gasteiger partial charge is 0.472 e. The third-order valence-electron chi connectivity index (χ3n) is 18.4. The fourth-order valence-electron chi connectivity index (χ4n) is 11.7. The number of esters is 3. The van der Waals surface area contributed by atoms with Gasteiger partial charge in [-0.15, -0.1) is 0 Å². The molecule has 0 spiro atoms. The van der Waals surface area contributed by atoms with E-state index >= 15 is 0 Å². The zero-order valence-corrected chi connectivity index (χ0v) is 72.8. The Labute approximate surface area is 688 Å². The van der Waals surface area contributed by atoms with Crippen molar-refractivity contribution in [1.29, 1.82) is 0 Å². The molecule has 5 atom stereocenters. The minimum absolute atomic E-state index is 0.0740. The predicted molar refractivity (Wildman–Crippen MR) is 472 cm³/mol. The quantitative estimate of drug-likeness (QED) is 0.0146. The number of ether oxygens (including phenoxy) is 3. The van der Waals surface area contributed by atoms with Crippen molar-refractivity contribution in [1.82, 2.24) is 0 Å². The molecule has 0 amide bonds. The van der Waals surface area contributed by atoms with Crippen molar-refractivity contribution in [3.63, 3.8) is 0 Å². The number of allylic oxidation sites excluding steroid dienone is 28. The summed E-state index contributed by atoms with van der Waals surface area (Å²) in [6.45, 7) is 2.42. The lowest BCUT2D eigenvalue weighted by Gasteiger charge is -2.21. The summed E-state index contributed by atoms with van der Waals surface area (Å²) < 4.78 is 61.4. The fourth-order valence-corrected chi connectivity index (χ4v) is 13.3. The molecule has 113 heavy (non-hydrogen) atoms. The van der Waals surface area contributed by atoms with Crippen LogP contribution in [0.1, 0.15) is 355 Å². The van der Waals surface area contributed by atoms with E-state index in [0.29, 0.717) is 19.3 Å². The van der Waals surface area contributed by atoms with E-state index in [0.717, 1.165) is 180 Å². The van der Waals surface area contributed by atoms with E-state index in [1.807, 2.05) is 0 Å². The molecule has 0 aliphatic heterocycles. The van der Waals surface area contributed by atoms with Gasteiger partial charge in [0.1, 0.15) is 25.4 Å². The van der Waals surface area contributed by atoms with E-state index in [4.69, 9.17) is 32.3 Å². The first-order valence-corrected chi connectivity index (χ1v) is 47.4. The molecule has 0 bridgehead atoms. The summed E-state index contributed by atoms with van der Waals surface area (Å²) in [5.41, 5.74) is 0. The first kappa shape index (κ1) is 108.